The molecule has 0 fully saturated rings. The molecule has 0 amide bonds. The van der Waals surface area contributed by atoms with Crippen LogP contribution in [0.5, 0.6) is 0 Å². The first kappa shape index (κ1) is 14.6. The highest BCUT2D eigenvalue weighted by atomic mass is 32.1. The van der Waals surface area contributed by atoms with Gasteiger partial charge in [0.05, 0.1) is 18.4 Å². The first-order valence-electron chi connectivity index (χ1n) is 6.48. The minimum absolute atomic E-state index is 0.285. The molecule has 20 heavy (non-hydrogen) atoms. The third kappa shape index (κ3) is 3.19. The Morgan fingerprint density at radius 3 is 2.90 bits per heavy atom. The van der Waals surface area contributed by atoms with Gasteiger partial charge in [0, 0.05) is 5.70 Å². The predicted molar refractivity (Wildman–Crippen MR) is 78.8 cm³/mol. The minimum Gasteiger partial charge on any atom is -0.467 e. The molecule has 0 aliphatic carbocycles. The molecule has 2 heterocycles. The largest absolute Gasteiger partial charge is 0.467 e. The first-order chi connectivity index (χ1) is 9.49. The van der Waals surface area contributed by atoms with Crippen LogP contribution in [0.15, 0.2) is 34.1 Å². The number of ether oxygens (including phenoxy) is 1. The SMILES string of the molecule is CC1=C(C(=O)OCC(C)C)C(c2ccco2)NC(=S)N1. The second-order valence-electron chi connectivity index (χ2n) is 5.08. The molecule has 0 spiro atoms. The number of carbonyl (C=O) groups is 1. The van der Waals surface area contributed by atoms with E-state index in [0.717, 1.165) is 0 Å². The van der Waals surface area contributed by atoms with Gasteiger partial charge in [-0.05, 0) is 37.2 Å². The highest BCUT2D eigenvalue weighted by Crippen LogP contribution is 2.27. The quantitative estimate of drug-likeness (QED) is 0.656. The molecule has 0 saturated heterocycles. The van der Waals surface area contributed by atoms with Gasteiger partial charge >= 0.3 is 5.97 Å². The van der Waals surface area contributed by atoms with E-state index < -0.39 is 6.04 Å². The summed E-state index contributed by atoms with van der Waals surface area (Å²) in [6.07, 6.45) is 1.56. The summed E-state index contributed by atoms with van der Waals surface area (Å²) >= 11 is 5.13. The van der Waals surface area contributed by atoms with E-state index in [1.807, 2.05) is 13.8 Å². The fourth-order valence-corrected chi connectivity index (χ4v) is 2.22. The van der Waals surface area contributed by atoms with Crippen LogP contribution in [0, 0.1) is 5.92 Å². The number of thiocarbonyl (C=S) groups is 1. The molecule has 0 radical (unpaired) electrons. The number of furan rings is 1. The van der Waals surface area contributed by atoms with Gasteiger partial charge in [-0.3, -0.25) is 0 Å². The van der Waals surface area contributed by atoms with Crippen LogP contribution < -0.4 is 10.6 Å². The van der Waals surface area contributed by atoms with Crippen molar-refractivity contribution in [3.63, 3.8) is 0 Å². The molecule has 0 bridgehead atoms. The Hall–Kier alpha value is -1.82. The molecule has 1 aromatic heterocycles. The molecular weight excluding hydrogens is 276 g/mol. The molecular formula is C14H18N2O3S. The molecule has 1 aliphatic heterocycles. The van der Waals surface area contributed by atoms with Gasteiger partial charge in [0.1, 0.15) is 11.8 Å². The maximum absolute atomic E-state index is 12.3. The molecule has 108 valence electrons. The van der Waals surface area contributed by atoms with E-state index in [4.69, 9.17) is 21.4 Å². The lowest BCUT2D eigenvalue weighted by Gasteiger charge is -2.28. The summed E-state index contributed by atoms with van der Waals surface area (Å²) in [5, 5.41) is 6.45. The van der Waals surface area contributed by atoms with Crippen molar-refractivity contribution in [1.82, 2.24) is 10.6 Å². The predicted octanol–water partition coefficient (Wildman–Crippen LogP) is 2.27. The Morgan fingerprint density at radius 2 is 2.30 bits per heavy atom. The van der Waals surface area contributed by atoms with Crippen LogP contribution in [0.3, 0.4) is 0 Å². The lowest BCUT2D eigenvalue weighted by molar-refractivity contribution is -0.140. The summed E-state index contributed by atoms with van der Waals surface area (Å²) in [5.74, 6) is 0.553. The Bertz CT molecular complexity index is 535. The first-order valence-corrected chi connectivity index (χ1v) is 6.88. The fraction of sp³-hybridized carbons (Fsp3) is 0.429. The molecule has 1 unspecified atom stereocenters. The summed E-state index contributed by atoms with van der Waals surface area (Å²) < 4.78 is 10.7. The third-order valence-corrected chi connectivity index (χ3v) is 3.08. The van der Waals surface area contributed by atoms with Crippen molar-refractivity contribution < 1.29 is 13.9 Å². The second kappa shape index (κ2) is 6.09. The minimum atomic E-state index is -0.418. The summed E-state index contributed by atoms with van der Waals surface area (Å²) in [6.45, 7) is 6.16. The van der Waals surface area contributed by atoms with Gasteiger partial charge in [-0.2, -0.15) is 0 Å². The van der Waals surface area contributed by atoms with Crippen molar-refractivity contribution in [3.8, 4) is 0 Å². The number of nitrogens with one attached hydrogen (secondary N) is 2. The van der Waals surface area contributed by atoms with Crippen LogP contribution >= 0.6 is 12.2 Å². The molecule has 1 aliphatic rings. The van der Waals surface area contributed by atoms with Crippen LogP contribution in [0.25, 0.3) is 0 Å². The topological polar surface area (TPSA) is 63.5 Å². The number of rotatable bonds is 4. The van der Waals surface area contributed by atoms with Gasteiger partial charge in [0.15, 0.2) is 5.11 Å². The van der Waals surface area contributed by atoms with E-state index in [-0.39, 0.29) is 11.9 Å². The standard InChI is InChI=1S/C14H18N2O3S/c1-8(2)7-19-13(17)11-9(3)15-14(20)16-12(11)10-5-4-6-18-10/h4-6,8,12H,7H2,1-3H3,(H2,15,16,20). The number of allylic oxidation sites excluding steroid dienone is 1. The van der Waals surface area contributed by atoms with Crippen molar-refractivity contribution >= 4 is 23.3 Å². The zero-order valence-electron chi connectivity index (χ0n) is 11.7. The van der Waals surface area contributed by atoms with Gasteiger partial charge in [-0.15, -0.1) is 0 Å². The summed E-state index contributed by atoms with van der Waals surface area (Å²) in [4.78, 5) is 12.3. The Morgan fingerprint density at radius 1 is 1.55 bits per heavy atom. The molecule has 2 rings (SSSR count). The van der Waals surface area contributed by atoms with Gasteiger partial charge < -0.3 is 19.8 Å². The summed E-state index contributed by atoms with van der Waals surface area (Å²) in [5.41, 5.74) is 1.18. The number of esters is 1. The molecule has 6 heteroatoms. The monoisotopic (exact) mass is 294 g/mol. The average Bonchev–Trinajstić information content (AvgIpc) is 2.88. The normalized spacial score (nSPS) is 18.8. The highest BCUT2D eigenvalue weighted by molar-refractivity contribution is 7.80. The van der Waals surface area contributed by atoms with E-state index in [0.29, 0.717) is 28.7 Å². The van der Waals surface area contributed by atoms with E-state index in [1.54, 1.807) is 25.3 Å². The fourth-order valence-electron chi connectivity index (χ4n) is 1.95. The third-order valence-electron chi connectivity index (χ3n) is 2.86. The lowest BCUT2D eigenvalue weighted by Crippen LogP contribution is -2.45. The van der Waals surface area contributed by atoms with Crippen molar-refractivity contribution in [2.45, 2.75) is 26.8 Å². The van der Waals surface area contributed by atoms with Crippen molar-refractivity contribution in [3.05, 3.63) is 35.4 Å². The van der Waals surface area contributed by atoms with Crippen LogP contribution in [0.4, 0.5) is 0 Å². The van der Waals surface area contributed by atoms with Gasteiger partial charge in [0.25, 0.3) is 0 Å². The van der Waals surface area contributed by atoms with Gasteiger partial charge in [-0.25, -0.2) is 4.79 Å². The second-order valence-corrected chi connectivity index (χ2v) is 5.49. The van der Waals surface area contributed by atoms with Crippen molar-refractivity contribution in [1.29, 1.82) is 0 Å². The molecule has 1 atom stereocenters. The van der Waals surface area contributed by atoms with Gasteiger partial charge in [0.2, 0.25) is 0 Å². The van der Waals surface area contributed by atoms with Crippen molar-refractivity contribution in [2.75, 3.05) is 6.61 Å². The highest BCUT2D eigenvalue weighted by Gasteiger charge is 2.32. The van der Waals surface area contributed by atoms with Crippen LogP contribution in [-0.4, -0.2) is 17.7 Å². The average molecular weight is 294 g/mol. The summed E-state index contributed by atoms with van der Waals surface area (Å²) in [6, 6.07) is 3.15. The number of hydrogen-bond donors (Lipinski definition) is 2. The Labute approximate surface area is 123 Å². The summed E-state index contributed by atoms with van der Waals surface area (Å²) in [7, 11) is 0. The van der Waals surface area contributed by atoms with E-state index >= 15 is 0 Å². The number of hydrogen-bond acceptors (Lipinski definition) is 4. The Kier molecular flexibility index (Phi) is 4.44. The maximum atomic E-state index is 12.3. The van der Waals surface area contributed by atoms with E-state index in [9.17, 15) is 4.79 Å². The van der Waals surface area contributed by atoms with E-state index in [1.165, 1.54) is 0 Å². The van der Waals surface area contributed by atoms with Crippen LogP contribution in [0.1, 0.15) is 32.6 Å². The molecule has 1 aromatic rings. The number of carbonyl (C=O) groups excluding carboxylic acids is 1. The zero-order valence-corrected chi connectivity index (χ0v) is 12.5. The molecule has 2 N–H and O–H groups in total. The maximum Gasteiger partial charge on any atom is 0.338 e. The molecule has 0 saturated carbocycles. The van der Waals surface area contributed by atoms with Gasteiger partial charge in [-0.1, -0.05) is 13.8 Å². The van der Waals surface area contributed by atoms with Crippen LogP contribution in [0.2, 0.25) is 0 Å². The van der Waals surface area contributed by atoms with Crippen LogP contribution in [-0.2, 0) is 9.53 Å². The zero-order chi connectivity index (χ0) is 14.7. The lowest BCUT2D eigenvalue weighted by atomic mass is 10.0. The molecule has 5 nitrogen and oxygen atoms in total. The smallest absolute Gasteiger partial charge is 0.338 e. The van der Waals surface area contributed by atoms with Crippen molar-refractivity contribution in [2.24, 2.45) is 5.92 Å². The molecule has 0 aromatic carbocycles. The van der Waals surface area contributed by atoms with E-state index in [2.05, 4.69) is 10.6 Å². The Balaban J connectivity index is 2.27.